The minimum absolute atomic E-state index is 0.387. The molecule has 0 saturated heterocycles. The van der Waals surface area contributed by atoms with Gasteiger partial charge < -0.3 is 4.74 Å². The van der Waals surface area contributed by atoms with E-state index in [0.29, 0.717) is 11.3 Å². The second kappa shape index (κ2) is 7.69. The van der Waals surface area contributed by atoms with Gasteiger partial charge in [-0.15, -0.1) is 0 Å². The number of rotatable bonds is 3. The van der Waals surface area contributed by atoms with E-state index in [1.807, 2.05) is 105 Å². The Bertz CT molecular complexity index is 1440. The molecule has 0 radical (unpaired) electrons. The Morgan fingerprint density at radius 1 is 0.774 bits per heavy atom. The minimum atomic E-state index is -0.387. The molecule has 0 aliphatic carbocycles. The number of hydrogen-bond donors (Lipinski definition) is 0. The van der Waals surface area contributed by atoms with E-state index >= 15 is 0 Å². The monoisotopic (exact) mass is 403 g/mol. The number of hydrogen-bond acceptors (Lipinski definition) is 3. The fourth-order valence-corrected chi connectivity index (χ4v) is 3.83. The highest BCUT2D eigenvalue weighted by molar-refractivity contribution is 6.06. The van der Waals surface area contributed by atoms with Gasteiger partial charge in [0.1, 0.15) is 5.75 Å². The molecule has 0 N–H and O–H groups in total. The molecule has 0 bridgehead atoms. The normalized spacial score (nSPS) is 11.0. The number of carbonyl (C=O) groups excluding carboxylic acids is 1. The van der Waals surface area contributed by atoms with E-state index in [1.54, 1.807) is 0 Å². The first-order valence-electron chi connectivity index (χ1n) is 10.3. The number of esters is 1. The molecule has 0 unspecified atom stereocenters. The number of aryl methyl sites for hydroxylation is 2. The van der Waals surface area contributed by atoms with Crippen LogP contribution >= 0.6 is 0 Å². The molecule has 5 aromatic rings. The van der Waals surface area contributed by atoms with Crippen LogP contribution < -0.4 is 4.74 Å². The fourth-order valence-electron chi connectivity index (χ4n) is 3.83. The van der Waals surface area contributed by atoms with E-state index < -0.39 is 0 Å². The predicted octanol–water partition coefficient (Wildman–Crippen LogP) is 6.89. The Hall–Kier alpha value is -3.98. The van der Waals surface area contributed by atoms with E-state index in [0.717, 1.165) is 38.5 Å². The third-order valence-electron chi connectivity index (χ3n) is 5.54. The molecule has 31 heavy (non-hydrogen) atoms. The zero-order valence-electron chi connectivity index (χ0n) is 17.4. The van der Waals surface area contributed by atoms with Crippen LogP contribution in [0.25, 0.3) is 32.9 Å². The van der Waals surface area contributed by atoms with Crippen LogP contribution in [0, 0.1) is 13.8 Å². The topological polar surface area (TPSA) is 39.2 Å². The summed E-state index contributed by atoms with van der Waals surface area (Å²) >= 11 is 0. The fraction of sp³-hybridized carbons (Fsp3) is 0.0714. The smallest absolute Gasteiger partial charge is 0.344 e. The molecule has 4 aromatic carbocycles. The molecule has 0 atom stereocenters. The SMILES string of the molecule is Cc1ccc(-c2cc(C(=O)Oc3ccc4ccccc4c3)c3cccc(C)c3n2)cc1. The van der Waals surface area contributed by atoms with Gasteiger partial charge in [0.15, 0.2) is 0 Å². The Balaban J connectivity index is 1.60. The van der Waals surface area contributed by atoms with Crippen LogP contribution in [-0.2, 0) is 0 Å². The maximum Gasteiger partial charge on any atom is 0.344 e. The van der Waals surface area contributed by atoms with Crippen LogP contribution in [0.3, 0.4) is 0 Å². The zero-order chi connectivity index (χ0) is 21.4. The highest BCUT2D eigenvalue weighted by Gasteiger charge is 2.17. The largest absolute Gasteiger partial charge is 0.423 e. The Morgan fingerprint density at radius 2 is 1.55 bits per heavy atom. The van der Waals surface area contributed by atoms with Gasteiger partial charge in [0, 0.05) is 10.9 Å². The molecule has 0 spiro atoms. The quantitative estimate of drug-likeness (QED) is 0.243. The third-order valence-corrected chi connectivity index (χ3v) is 5.54. The summed E-state index contributed by atoms with van der Waals surface area (Å²) in [5.74, 6) is 0.139. The summed E-state index contributed by atoms with van der Waals surface area (Å²) in [6, 6.07) is 29.5. The standard InChI is InChI=1S/C28H21NO2/c1-18-10-12-21(13-11-18)26-17-25(24-9-5-6-19(2)27(24)29-26)28(30)31-23-15-14-20-7-3-4-8-22(20)16-23/h3-17H,1-2H3. The average Bonchev–Trinajstić information content (AvgIpc) is 2.79. The molecule has 5 rings (SSSR count). The molecule has 3 nitrogen and oxygen atoms in total. The first kappa shape index (κ1) is 19.0. The van der Waals surface area contributed by atoms with Crippen molar-refractivity contribution in [3.8, 4) is 17.0 Å². The van der Waals surface area contributed by atoms with Crippen molar-refractivity contribution in [1.29, 1.82) is 0 Å². The van der Waals surface area contributed by atoms with E-state index in [4.69, 9.17) is 9.72 Å². The van der Waals surface area contributed by atoms with Crippen LogP contribution in [0.1, 0.15) is 21.5 Å². The maximum atomic E-state index is 13.3. The number of aromatic nitrogens is 1. The first-order chi connectivity index (χ1) is 15.1. The molecule has 0 aliphatic rings. The lowest BCUT2D eigenvalue weighted by Crippen LogP contribution is -2.10. The van der Waals surface area contributed by atoms with Crippen molar-refractivity contribution < 1.29 is 9.53 Å². The predicted molar refractivity (Wildman–Crippen MR) is 126 cm³/mol. The van der Waals surface area contributed by atoms with Gasteiger partial charge in [-0.25, -0.2) is 9.78 Å². The van der Waals surface area contributed by atoms with Crippen LogP contribution in [0.15, 0.2) is 91.0 Å². The second-order valence-corrected chi connectivity index (χ2v) is 7.79. The van der Waals surface area contributed by atoms with Crippen LogP contribution in [0.4, 0.5) is 0 Å². The molecule has 0 amide bonds. The Kier molecular flexibility index (Phi) is 4.72. The number of nitrogens with zero attached hydrogens (tertiary/aromatic N) is 1. The van der Waals surface area contributed by atoms with Gasteiger partial charge in [0.2, 0.25) is 0 Å². The Labute approximate surface area is 180 Å². The summed E-state index contributed by atoms with van der Waals surface area (Å²) in [7, 11) is 0. The second-order valence-electron chi connectivity index (χ2n) is 7.79. The average molecular weight is 403 g/mol. The lowest BCUT2D eigenvalue weighted by molar-refractivity contribution is 0.0737. The highest BCUT2D eigenvalue weighted by atomic mass is 16.5. The van der Waals surface area contributed by atoms with Gasteiger partial charge in [0.25, 0.3) is 0 Å². The van der Waals surface area contributed by atoms with Gasteiger partial charge in [-0.05, 0) is 48.4 Å². The van der Waals surface area contributed by atoms with Gasteiger partial charge in [-0.1, -0.05) is 78.4 Å². The molecule has 0 saturated carbocycles. The lowest BCUT2D eigenvalue weighted by Gasteiger charge is -2.12. The number of fused-ring (bicyclic) bond motifs is 2. The van der Waals surface area contributed by atoms with Crippen molar-refractivity contribution >= 4 is 27.6 Å². The molecule has 150 valence electrons. The number of ether oxygens (including phenoxy) is 1. The molecule has 3 heteroatoms. The number of para-hydroxylation sites is 1. The maximum absolute atomic E-state index is 13.3. The molecule has 0 aliphatic heterocycles. The van der Waals surface area contributed by atoms with Gasteiger partial charge in [0.05, 0.1) is 16.8 Å². The van der Waals surface area contributed by atoms with Gasteiger partial charge in [-0.2, -0.15) is 0 Å². The van der Waals surface area contributed by atoms with Crippen molar-refractivity contribution in [2.24, 2.45) is 0 Å². The molecular formula is C28H21NO2. The zero-order valence-corrected chi connectivity index (χ0v) is 17.4. The number of pyridine rings is 1. The lowest BCUT2D eigenvalue weighted by atomic mass is 10.0. The van der Waals surface area contributed by atoms with E-state index in [1.165, 1.54) is 5.56 Å². The van der Waals surface area contributed by atoms with E-state index in [-0.39, 0.29) is 5.97 Å². The summed E-state index contributed by atoms with van der Waals surface area (Å²) < 4.78 is 5.80. The van der Waals surface area contributed by atoms with E-state index in [2.05, 4.69) is 0 Å². The van der Waals surface area contributed by atoms with E-state index in [9.17, 15) is 4.79 Å². The molecule has 1 aromatic heterocycles. The van der Waals surface area contributed by atoms with Crippen molar-refractivity contribution in [1.82, 2.24) is 4.98 Å². The van der Waals surface area contributed by atoms with Crippen LogP contribution in [-0.4, -0.2) is 11.0 Å². The molecule has 0 fully saturated rings. The Morgan fingerprint density at radius 3 is 2.35 bits per heavy atom. The van der Waals surface area contributed by atoms with Crippen molar-refractivity contribution in [2.75, 3.05) is 0 Å². The highest BCUT2D eigenvalue weighted by Crippen LogP contribution is 2.28. The summed E-state index contributed by atoms with van der Waals surface area (Å²) in [6.45, 7) is 4.06. The first-order valence-corrected chi connectivity index (χ1v) is 10.3. The van der Waals surface area contributed by atoms with Gasteiger partial charge >= 0.3 is 5.97 Å². The third kappa shape index (κ3) is 3.66. The summed E-state index contributed by atoms with van der Waals surface area (Å²) in [5.41, 5.74) is 5.24. The summed E-state index contributed by atoms with van der Waals surface area (Å²) in [4.78, 5) is 18.1. The van der Waals surface area contributed by atoms with Crippen molar-refractivity contribution in [2.45, 2.75) is 13.8 Å². The minimum Gasteiger partial charge on any atom is -0.423 e. The molecule has 1 heterocycles. The molecular weight excluding hydrogens is 382 g/mol. The summed E-state index contributed by atoms with van der Waals surface area (Å²) in [5, 5.41) is 2.93. The van der Waals surface area contributed by atoms with Crippen LogP contribution in [0.2, 0.25) is 0 Å². The van der Waals surface area contributed by atoms with Crippen molar-refractivity contribution in [3.05, 3.63) is 108 Å². The van der Waals surface area contributed by atoms with Crippen LogP contribution in [0.5, 0.6) is 5.75 Å². The van der Waals surface area contributed by atoms with Crippen molar-refractivity contribution in [3.63, 3.8) is 0 Å². The summed E-state index contributed by atoms with van der Waals surface area (Å²) in [6.07, 6.45) is 0. The number of carbonyl (C=O) groups is 1. The number of benzene rings is 4. The van der Waals surface area contributed by atoms with Gasteiger partial charge in [-0.3, -0.25) is 0 Å².